The van der Waals surface area contributed by atoms with E-state index in [1.807, 2.05) is 6.07 Å². The molecule has 4 rings (SSSR count). The molecule has 0 aliphatic carbocycles. The topological polar surface area (TPSA) is 104 Å². The van der Waals surface area contributed by atoms with Gasteiger partial charge < -0.3 is 29.1 Å². The Bertz CT molecular complexity index is 1300. The fourth-order valence-corrected chi connectivity index (χ4v) is 3.18. The summed E-state index contributed by atoms with van der Waals surface area (Å²) in [5.41, 5.74) is 0.995. The first-order valence-corrected chi connectivity index (χ1v) is 9.72. The smallest absolute Gasteiger partial charge is 0.235 e. The van der Waals surface area contributed by atoms with Crippen LogP contribution in [0.5, 0.6) is 23.0 Å². The number of anilines is 1. The number of nitrogens with zero attached hydrogens (tertiary/aromatic N) is 1. The zero-order chi connectivity index (χ0) is 22.7. The summed E-state index contributed by atoms with van der Waals surface area (Å²) in [4.78, 5) is 13.0. The zero-order valence-electron chi connectivity index (χ0n) is 17.4. The second-order valence-electron chi connectivity index (χ2n) is 6.96. The van der Waals surface area contributed by atoms with E-state index >= 15 is 0 Å². The second-order valence-corrected chi connectivity index (χ2v) is 6.96. The van der Waals surface area contributed by atoms with E-state index in [0.29, 0.717) is 34.0 Å². The molecule has 0 saturated heterocycles. The molecule has 0 aliphatic rings. The van der Waals surface area contributed by atoms with Crippen LogP contribution in [0.2, 0.25) is 0 Å². The van der Waals surface area contributed by atoms with Crippen molar-refractivity contribution in [1.29, 1.82) is 0 Å². The van der Waals surface area contributed by atoms with Gasteiger partial charge in [-0.25, -0.2) is 0 Å². The molecule has 8 nitrogen and oxygen atoms in total. The first kappa shape index (κ1) is 21.2. The van der Waals surface area contributed by atoms with Gasteiger partial charge in [0.2, 0.25) is 11.2 Å². The van der Waals surface area contributed by atoms with Gasteiger partial charge in [-0.2, -0.15) is 0 Å². The highest BCUT2D eigenvalue weighted by Crippen LogP contribution is 2.32. The highest BCUT2D eigenvalue weighted by molar-refractivity contribution is 5.79. The molecule has 0 saturated carbocycles. The minimum atomic E-state index is -0.303. The molecular formula is C24H20NO7-. The van der Waals surface area contributed by atoms with Gasteiger partial charge in [-0.05, 0) is 48.9 Å². The van der Waals surface area contributed by atoms with Crippen LogP contribution in [0.1, 0.15) is 11.3 Å². The lowest BCUT2D eigenvalue weighted by atomic mass is 10.2. The minimum Gasteiger partial charge on any atom is -0.733 e. The summed E-state index contributed by atoms with van der Waals surface area (Å²) in [5, 5.41) is 19.9. The summed E-state index contributed by atoms with van der Waals surface area (Å²) in [6.45, 7) is 1.88. The third kappa shape index (κ3) is 4.36. The Kier molecular flexibility index (Phi) is 5.98. The van der Waals surface area contributed by atoms with E-state index in [1.165, 1.54) is 19.2 Å². The fourth-order valence-electron chi connectivity index (χ4n) is 3.18. The zero-order valence-corrected chi connectivity index (χ0v) is 17.4. The summed E-state index contributed by atoms with van der Waals surface area (Å²) in [7, 11) is 1.53. The molecule has 1 N–H and O–H groups in total. The van der Waals surface area contributed by atoms with Gasteiger partial charge in [0.1, 0.15) is 23.7 Å². The van der Waals surface area contributed by atoms with E-state index in [2.05, 4.69) is 0 Å². The lowest BCUT2D eigenvalue weighted by Gasteiger charge is -2.21. The Morgan fingerprint density at radius 2 is 1.75 bits per heavy atom. The maximum absolute atomic E-state index is 13.0. The molecule has 0 bridgehead atoms. The summed E-state index contributed by atoms with van der Waals surface area (Å²) < 4.78 is 22.7. The highest BCUT2D eigenvalue weighted by Gasteiger charge is 2.16. The molecule has 0 amide bonds. The molecule has 4 aromatic rings. The summed E-state index contributed by atoms with van der Waals surface area (Å²) >= 11 is 0. The van der Waals surface area contributed by atoms with Gasteiger partial charge >= 0.3 is 0 Å². The molecule has 164 valence electrons. The van der Waals surface area contributed by atoms with Gasteiger partial charge in [0, 0.05) is 6.07 Å². The van der Waals surface area contributed by atoms with Crippen LogP contribution in [-0.4, -0.2) is 12.3 Å². The van der Waals surface area contributed by atoms with Gasteiger partial charge in [0.05, 0.1) is 18.2 Å². The molecule has 0 fully saturated rings. The number of methoxy groups -OCH3 is 1. The van der Waals surface area contributed by atoms with E-state index in [1.54, 1.807) is 55.5 Å². The maximum atomic E-state index is 13.0. The summed E-state index contributed by atoms with van der Waals surface area (Å²) in [5.74, 6) is 1.84. The SMILES string of the molecule is COc1ccccc1Oc1c(C)oc2cc(OCc3ccc(N([O-])O)cc3)ccc2c1=O. The van der Waals surface area contributed by atoms with Crippen molar-refractivity contribution in [2.75, 3.05) is 12.3 Å². The molecule has 0 aliphatic heterocycles. The number of aryl methyl sites for hydroxylation is 1. The predicted octanol–water partition coefficient (Wildman–Crippen LogP) is 5.17. The number of hydrogen-bond acceptors (Lipinski definition) is 8. The number of ether oxygens (including phenoxy) is 3. The molecule has 32 heavy (non-hydrogen) atoms. The van der Waals surface area contributed by atoms with Crippen LogP contribution < -0.4 is 24.9 Å². The van der Waals surface area contributed by atoms with Crippen LogP contribution in [0.3, 0.4) is 0 Å². The van der Waals surface area contributed by atoms with Gasteiger partial charge in [-0.3, -0.25) is 10.0 Å². The third-order valence-electron chi connectivity index (χ3n) is 4.83. The predicted molar refractivity (Wildman–Crippen MR) is 119 cm³/mol. The van der Waals surface area contributed by atoms with Crippen LogP contribution in [-0.2, 0) is 6.61 Å². The van der Waals surface area contributed by atoms with Gasteiger partial charge in [-0.1, -0.05) is 24.3 Å². The van der Waals surface area contributed by atoms with Crippen molar-refractivity contribution in [3.63, 3.8) is 0 Å². The van der Waals surface area contributed by atoms with Crippen molar-refractivity contribution in [2.24, 2.45) is 0 Å². The van der Waals surface area contributed by atoms with Gasteiger partial charge in [-0.15, -0.1) is 0 Å². The summed E-state index contributed by atoms with van der Waals surface area (Å²) in [6, 6.07) is 18.3. The Hall–Kier alpha value is -4.01. The Morgan fingerprint density at radius 1 is 1.03 bits per heavy atom. The van der Waals surface area contributed by atoms with E-state index in [4.69, 9.17) is 23.8 Å². The van der Waals surface area contributed by atoms with Crippen LogP contribution in [0.25, 0.3) is 11.0 Å². The molecule has 0 unspecified atom stereocenters. The fraction of sp³-hybridized carbons (Fsp3) is 0.125. The van der Waals surface area contributed by atoms with E-state index in [0.717, 1.165) is 5.56 Å². The van der Waals surface area contributed by atoms with Crippen molar-refractivity contribution in [2.45, 2.75) is 13.5 Å². The number of para-hydroxylation sites is 2. The molecule has 0 radical (unpaired) electrons. The monoisotopic (exact) mass is 434 g/mol. The third-order valence-corrected chi connectivity index (χ3v) is 4.83. The minimum absolute atomic E-state index is 0.0899. The van der Waals surface area contributed by atoms with Crippen LogP contribution >= 0.6 is 0 Å². The number of fused-ring (bicyclic) bond motifs is 1. The highest BCUT2D eigenvalue weighted by atomic mass is 16.8. The Balaban J connectivity index is 1.57. The molecule has 1 heterocycles. The van der Waals surface area contributed by atoms with Crippen LogP contribution in [0, 0.1) is 12.1 Å². The summed E-state index contributed by atoms with van der Waals surface area (Å²) in [6.07, 6.45) is 0. The molecular weight excluding hydrogens is 414 g/mol. The quantitative estimate of drug-likeness (QED) is 0.397. The molecule has 8 heteroatoms. The standard InChI is InChI=1S/C24H20NO7/c1-15-24(32-21-6-4-3-5-20(21)29-2)23(26)19-12-11-18(13-22(19)31-15)30-14-16-7-9-17(10-8-16)25(27)28/h3-13,27H,14H2,1-2H3/q-1. The normalized spacial score (nSPS) is 10.8. The average Bonchev–Trinajstić information content (AvgIpc) is 2.80. The van der Waals surface area contributed by atoms with Crippen molar-refractivity contribution in [3.05, 3.63) is 93.5 Å². The van der Waals surface area contributed by atoms with Gasteiger partial charge in [0.15, 0.2) is 11.5 Å². The van der Waals surface area contributed by atoms with E-state index < -0.39 is 0 Å². The van der Waals surface area contributed by atoms with Gasteiger partial charge in [0.25, 0.3) is 0 Å². The first-order valence-electron chi connectivity index (χ1n) is 9.72. The van der Waals surface area contributed by atoms with Crippen molar-refractivity contribution in [3.8, 4) is 23.0 Å². The largest absolute Gasteiger partial charge is 0.733 e. The lowest BCUT2D eigenvalue weighted by molar-refractivity contribution is 0.295. The van der Waals surface area contributed by atoms with Crippen LogP contribution in [0.15, 0.2) is 75.9 Å². The molecule has 0 atom stereocenters. The maximum Gasteiger partial charge on any atom is 0.235 e. The van der Waals surface area contributed by atoms with Crippen LogP contribution in [0.4, 0.5) is 5.69 Å². The number of hydrogen-bond donors (Lipinski definition) is 1. The Morgan fingerprint density at radius 3 is 2.44 bits per heavy atom. The average molecular weight is 434 g/mol. The first-order chi connectivity index (χ1) is 15.5. The van der Waals surface area contributed by atoms with E-state index in [9.17, 15) is 10.0 Å². The molecule has 3 aromatic carbocycles. The van der Waals surface area contributed by atoms with E-state index in [-0.39, 0.29) is 28.7 Å². The Labute approximate surface area is 183 Å². The second kappa shape index (κ2) is 9.01. The lowest BCUT2D eigenvalue weighted by Crippen LogP contribution is -2.08. The number of rotatable bonds is 7. The van der Waals surface area contributed by atoms with Crippen molar-refractivity contribution in [1.82, 2.24) is 0 Å². The molecule has 0 spiro atoms. The van der Waals surface area contributed by atoms with Crippen molar-refractivity contribution < 1.29 is 23.8 Å². The number of benzene rings is 3. The van der Waals surface area contributed by atoms with Crippen molar-refractivity contribution >= 4 is 16.7 Å². The molecule has 1 aromatic heterocycles.